The highest BCUT2D eigenvalue weighted by Crippen LogP contribution is 2.31. The zero-order valence-corrected chi connectivity index (χ0v) is 19.4. The first-order valence-corrected chi connectivity index (χ1v) is 10.9. The van der Waals surface area contributed by atoms with Crippen LogP contribution in [0.5, 0.6) is 5.75 Å². The summed E-state index contributed by atoms with van der Waals surface area (Å²) in [5.74, 6) is -0.875. The number of Topliss-reactive ketones (excluding diaryl/α,β-unsaturated/α-hetero) is 1. The van der Waals surface area contributed by atoms with Gasteiger partial charge < -0.3 is 15.0 Å². The maximum Gasteiger partial charge on any atom is 0.251 e. The number of methoxy groups -OCH3 is 1. The molecule has 3 rings (SSSR count). The maximum atomic E-state index is 13.5. The van der Waals surface area contributed by atoms with Gasteiger partial charge in [0.25, 0.3) is 5.91 Å². The van der Waals surface area contributed by atoms with Crippen LogP contribution in [0.1, 0.15) is 34.7 Å². The SMILES string of the molecule is CCN(CC)c1ccc(C(=O)NCC(=O)c2ccc(OC)c(-c3ccc(F)c(Cl)c3)n2)cc1. The number of ketones is 1. The minimum atomic E-state index is -0.556. The van der Waals surface area contributed by atoms with Gasteiger partial charge in [0.15, 0.2) is 5.78 Å². The predicted octanol–water partition coefficient (Wildman–Crippen LogP) is 5.01. The summed E-state index contributed by atoms with van der Waals surface area (Å²) in [6.45, 7) is 5.66. The van der Waals surface area contributed by atoms with Gasteiger partial charge in [0.1, 0.15) is 23.0 Å². The Morgan fingerprint density at radius 3 is 2.36 bits per heavy atom. The summed E-state index contributed by atoms with van der Waals surface area (Å²) in [5.41, 5.74) is 2.49. The van der Waals surface area contributed by atoms with Crippen LogP contribution in [0.3, 0.4) is 0 Å². The molecule has 3 aromatic rings. The number of benzene rings is 2. The van der Waals surface area contributed by atoms with Crippen molar-refractivity contribution in [3.05, 3.63) is 76.7 Å². The summed E-state index contributed by atoms with van der Waals surface area (Å²) in [6.07, 6.45) is 0. The lowest BCUT2D eigenvalue weighted by Crippen LogP contribution is -2.30. The Balaban J connectivity index is 1.72. The predicted molar refractivity (Wildman–Crippen MR) is 128 cm³/mol. The third-order valence-corrected chi connectivity index (χ3v) is 5.51. The lowest BCUT2D eigenvalue weighted by atomic mass is 10.1. The van der Waals surface area contributed by atoms with E-state index in [-0.39, 0.29) is 29.0 Å². The molecule has 0 saturated heterocycles. The molecule has 0 unspecified atom stereocenters. The first kappa shape index (κ1) is 24.2. The monoisotopic (exact) mass is 469 g/mol. The minimum absolute atomic E-state index is 0.0626. The van der Waals surface area contributed by atoms with E-state index in [0.717, 1.165) is 18.8 Å². The van der Waals surface area contributed by atoms with Crippen molar-refractivity contribution in [3.8, 4) is 17.0 Å². The van der Waals surface area contributed by atoms with Crippen LogP contribution in [-0.4, -0.2) is 43.4 Å². The molecule has 33 heavy (non-hydrogen) atoms. The van der Waals surface area contributed by atoms with E-state index in [1.807, 2.05) is 12.1 Å². The number of carbonyl (C=O) groups is 2. The summed E-state index contributed by atoms with van der Waals surface area (Å²) in [6, 6.07) is 14.5. The summed E-state index contributed by atoms with van der Waals surface area (Å²) in [7, 11) is 1.47. The van der Waals surface area contributed by atoms with E-state index < -0.39 is 5.82 Å². The van der Waals surface area contributed by atoms with Crippen LogP contribution in [-0.2, 0) is 0 Å². The van der Waals surface area contributed by atoms with Gasteiger partial charge in [-0.2, -0.15) is 0 Å². The molecule has 6 nitrogen and oxygen atoms in total. The molecule has 0 saturated carbocycles. The summed E-state index contributed by atoms with van der Waals surface area (Å²) in [4.78, 5) is 31.7. The summed E-state index contributed by atoms with van der Waals surface area (Å²) >= 11 is 5.89. The molecule has 2 aromatic carbocycles. The van der Waals surface area contributed by atoms with Gasteiger partial charge in [0, 0.05) is 29.9 Å². The van der Waals surface area contributed by atoms with E-state index in [9.17, 15) is 14.0 Å². The number of carbonyl (C=O) groups excluding carboxylic acids is 2. The molecule has 0 bridgehead atoms. The summed E-state index contributed by atoms with van der Waals surface area (Å²) in [5, 5.41) is 2.57. The fourth-order valence-corrected chi connectivity index (χ4v) is 3.56. The van der Waals surface area contributed by atoms with Crippen molar-refractivity contribution in [1.82, 2.24) is 10.3 Å². The average Bonchev–Trinajstić information content (AvgIpc) is 2.84. The van der Waals surface area contributed by atoms with E-state index in [2.05, 4.69) is 29.0 Å². The van der Waals surface area contributed by atoms with E-state index in [1.54, 1.807) is 18.2 Å². The van der Waals surface area contributed by atoms with Gasteiger partial charge in [0.05, 0.1) is 18.7 Å². The van der Waals surface area contributed by atoms with Crippen LogP contribution >= 0.6 is 11.6 Å². The molecule has 1 N–H and O–H groups in total. The molecule has 1 aromatic heterocycles. The molecule has 0 atom stereocenters. The topological polar surface area (TPSA) is 71.5 Å². The largest absolute Gasteiger partial charge is 0.494 e. The maximum absolute atomic E-state index is 13.5. The van der Waals surface area contributed by atoms with Crippen molar-refractivity contribution in [1.29, 1.82) is 0 Å². The lowest BCUT2D eigenvalue weighted by molar-refractivity contribution is 0.0902. The number of anilines is 1. The average molecular weight is 470 g/mol. The minimum Gasteiger partial charge on any atom is -0.494 e. The number of ether oxygens (including phenoxy) is 1. The molecule has 0 spiro atoms. The molecule has 0 radical (unpaired) electrons. The van der Waals surface area contributed by atoms with Crippen LogP contribution in [0.25, 0.3) is 11.3 Å². The van der Waals surface area contributed by atoms with Crippen LogP contribution in [0.4, 0.5) is 10.1 Å². The van der Waals surface area contributed by atoms with Crippen molar-refractivity contribution < 1.29 is 18.7 Å². The molecule has 0 aliphatic rings. The number of rotatable bonds is 9. The van der Waals surface area contributed by atoms with E-state index in [0.29, 0.717) is 22.6 Å². The van der Waals surface area contributed by atoms with Crippen molar-refractivity contribution >= 4 is 29.0 Å². The van der Waals surface area contributed by atoms with Gasteiger partial charge in [-0.3, -0.25) is 9.59 Å². The van der Waals surface area contributed by atoms with Crippen LogP contribution in [0, 0.1) is 5.82 Å². The number of nitrogens with zero attached hydrogens (tertiary/aromatic N) is 2. The zero-order chi connectivity index (χ0) is 24.0. The number of pyridine rings is 1. The number of hydrogen-bond donors (Lipinski definition) is 1. The van der Waals surface area contributed by atoms with Crippen LogP contribution in [0.2, 0.25) is 5.02 Å². The third-order valence-electron chi connectivity index (χ3n) is 5.22. The fraction of sp³-hybridized carbons (Fsp3) is 0.240. The molecule has 1 amide bonds. The van der Waals surface area contributed by atoms with Gasteiger partial charge in [0.2, 0.25) is 0 Å². The van der Waals surface area contributed by atoms with Crippen molar-refractivity contribution in [2.45, 2.75) is 13.8 Å². The second-order valence-electron chi connectivity index (χ2n) is 7.20. The Labute approximate surface area is 197 Å². The Bertz CT molecular complexity index is 1150. The van der Waals surface area contributed by atoms with Gasteiger partial charge in [-0.25, -0.2) is 9.37 Å². The summed E-state index contributed by atoms with van der Waals surface area (Å²) < 4.78 is 18.9. The van der Waals surface area contributed by atoms with Gasteiger partial charge >= 0.3 is 0 Å². The molecule has 172 valence electrons. The van der Waals surface area contributed by atoms with Crippen molar-refractivity contribution in [2.75, 3.05) is 31.6 Å². The molecule has 8 heteroatoms. The van der Waals surface area contributed by atoms with Crippen molar-refractivity contribution in [2.24, 2.45) is 0 Å². The van der Waals surface area contributed by atoms with E-state index >= 15 is 0 Å². The number of hydrogen-bond acceptors (Lipinski definition) is 5. The number of halogens is 2. The molecular formula is C25H25ClFN3O3. The second-order valence-corrected chi connectivity index (χ2v) is 7.61. The highest BCUT2D eigenvalue weighted by Gasteiger charge is 2.16. The molecule has 0 aliphatic carbocycles. The fourth-order valence-electron chi connectivity index (χ4n) is 3.38. The smallest absolute Gasteiger partial charge is 0.251 e. The lowest BCUT2D eigenvalue weighted by Gasteiger charge is -2.21. The first-order chi connectivity index (χ1) is 15.9. The molecular weight excluding hydrogens is 445 g/mol. The highest BCUT2D eigenvalue weighted by atomic mass is 35.5. The Kier molecular flexibility index (Phi) is 8.01. The number of nitrogens with one attached hydrogen (secondary N) is 1. The van der Waals surface area contributed by atoms with Gasteiger partial charge in [-0.1, -0.05) is 11.6 Å². The second kappa shape index (κ2) is 10.9. The Morgan fingerprint density at radius 1 is 1.06 bits per heavy atom. The van der Waals surface area contributed by atoms with Gasteiger partial charge in [-0.05, 0) is 68.4 Å². The molecule has 0 fully saturated rings. The van der Waals surface area contributed by atoms with E-state index in [1.165, 1.54) is 31.4 Å². The first-order valence-electron chi connectivity index (χ1n) is 10.5. The van der Waals surface area contributed by atoms with Crippen LogP contribution < -0.4 is 15.0 Å². The zero-order valence-electron chi connectivity index (χ0n) is 18.7. The Hall–Kier alpha value is -3.45. The third kappa shape index (κ3) is 5.68. The Morgan fingerprint density at radius 2 is 1.76 bits per heavy atom. The quantitative estimate of drug-likeness (QED) is 0.446. The van der Waals surface area contributed by atoms with Gasteiger partial charge in [-0.15, -0.1) is 0 Å². The van der Waals surface area contributed by atoms with Crippen molar-refractivity contribution in [3.63, 3.8) is 0 Å². The van der Waals surface area contributed by atoms with E-state index in [4.69, 9.17) is 16.3 Å². The molecule has 0 aliphatic heterocycles. The standard InChI is InChI=1S/C25H25ClFN3O3/c1-4-30(5-2)18-9-6-16(7-10-18)25(32)28-15-22(31)21-12-13-23(33-3)24(29-21)17-8-11-20(27)19(26)14-17/h6-14H,4-5,15H2,1-3H3,(H,28,32). The normalized spacial score (nSPS) is 10.6. The number of amides is 1. The van der Waals surface area contributed by atoms with Crippen LogP contribution in [0.15, 0.2) is 54.6 Å². The number of aromatic nitrogens is 1. The highest BCUT2D eigenvalue weighted by molar-refractivity contribution is 6.31. The molecule has 1 heterocycles.